The second-order valence-corrected chi connectivity index (χ2v) is 7.38. The fourth-order valence-electron chi connectivity index (χ4n) is 2.77. The molecule has 0 amide bonds. The molecule has 0 aliphatic heterocycles. The molecule has 4 aromatic rings. The van der Waals surface area contributed by atoms with Crippen LogP contribution in [-0.4, -0.2) is 43.8 Å². The van der Waals surface area contributed by atoms with Gasteiger partial charge in [-0.2, -0.15) is 15.0 Å². The Bertz CT molecular complexity index is 1100. The van der Waals surface area contributed by atoms with Crippen LogP contribution in [0, 0.1) is 0 Å². The molecule has 9 heteroatoms. The Morgan fingerprint density at radius 2 is 1.59 bits per heavy atom. The van der Waals surface area contributed by atoms with Crippen LogP contribution in [0.15, 0.2) is 65.8 Å². The standard InChI is InChI=1S/C20H20N8S/c1-27(2)19-23-16(22-18(21)24-19)13-29-20-26-25-17(14-9-5-3-6-10-14)28(20)15-11-7-4-8-12-15/h3-12H,13H2,1-2H3,(H2,21,22,23,24). The molecular formula is C20H20N8S. The van der Waals surface area contributed by atoms with E-state index in [1.165, 1.54) is 11.8 Å². The Labute approximate surface area is 172 Å². The summed E-state index contributed by atoms with van der Waals surface area (Å²) in [6, 6.07) is 20.0. The number of hydrogen-bond donors (Lipinski definition) is 1. The smallest absolute Gasteiger partial charge is 0.229 e. The van der Waals surface area contributed by atoms with Gasteiger partial charge in [0.05, 0.1) is 5.75 Å². The SMILES string of the molecule is CN(C)c1nc(N)nc(CSc2nnc(-c3ccccc3)n2-c2ccccc2)n1. The number of anilines is 2. The topological polar surface area (TPSA) is 98.6 Å². The Kier molecular flexibility index (Phi) is 5.39. The van der Waals surface area contributed by atoms with Crippen LogP contribution in [-0.2, 0) is 5.75 Å². The number of nitrogens with two attached hydrogens (primary N) is 1. The molecule has 0 bridgehead atoms. The van der Waals surface area contributed by atoms with Gasteiger partial charge in [0.15, 0.2) is 11.0 Å². The van der Waals surface area contributed by atoms with E-state index in [0.717, 1.165) is 22.2 Å². The maximum absolute atomic E-state index is 5.84. The van der Waals surface area contributed by atoms with Crippen molar-refractivity contribution in [3.63, 3.8) is 0 Å². The lowest BCUT2D eigenvalue weighted by molar-refractivity contribution is 0.878. The molecule has 0 saturated carbocycles. The summed E-state index contributed by atoms with van der Waals surface area (Å²) in [6.07, 6.45) is 0. The summed E-state index contributed by atoms with van der Waals surface area (Å²) < 4.78 is 2.04. The van der Waals surface area contributed by atoms with Crippen LogP contribution in [0.4, 0.5) is 11.9 Å². The quantitative estimate of drug-likeness (QED) is 0.490. The molecule has 0 aliphatic rings. The van der Waals surface area contributed by atoms with Crippen LogP contribution in [0.25, 0.3) is 17.1 Å². The van der Waals surface area contributed by atoms with Crippen molar-refractivity contribution < 1.29 is 0 Å². The molecule has 0 spiro atoms. The normalized spacial score (nSPS) is 10.8. The van der Waals surface area contributed by atoms with Gasteiger partial charge in [0.2, 0.25) is 11.9 Å². The third-order valence-electron chi connectivity index (χ3n) is 4.10. The Hall–Kier alpha value is -3.46. The summed E-state index contributed by atoms with van der Waals surface area (Å²) in [5.74, 6) is 2.60. The largest absolute Gasteiger partial charge is 0.368 e. The van der Waals surface area contributed by atoms with Crippen molar-refractivity contribution in [3.8, 4) is 17.1 Å². The van der Waals surface area contributed by atoms with Crippen molar-refractivity contribution in [2.45, 2.75) is 10.9 Å². The van der Waals surface area contributed by atoms with Crippen LogP contribution in [0.5, 0.6) is 0 Å². The molecule has 0 saturated heterocycles. The number of para-hydroxylation sites is 1. The number of hydrogen-bond acceptors (Lipinski definition) is 8. The van der Waals surface area contributed by atoms with E-state index in [9.17, 15) is 0 Å². The van der Waals surface area contributed by atoms with Gasteiger partial charge in [-0.1, -0.05) is 60.3 Å². The van der Waals surface area contributed by atoms with Crippen LogP contribution < -0.4 is 10.6 Å². The van der Waals surface area contributed by atoms with E-state index in [2.05, 4.69) is 25.1 Å². The third kappa shape index (κ3) is 4.19. The van der Waals surface area contributed by atoms with Gasteiger partial charge in [-0.25, -0.2) is 0 Å². The molecule has 146 valence electrons. The molecule has 2 aromatic heterocycles. The molecule has 2 N–H and O–H groups in total. The van der Waals surface area contributed by atoms with E-state index in [4.69, 9.17) is 5.73 Å². The predicted molar refractivity (Wildman–Crippen MR) is 115 cm³/mol. The van der Waals surface area contributed by atoms with Gasteiger partial charge in [0.1, 0.15) is 5.82 Å². The molecule has 29 heavy (non-hydrogen) atoms. The molecule has 0 unspecified atom stereocenters. The third-order valence-corrected chi connectivity index (χ3v) is 5.02. The van der Waals surface area contributed by atoms with Gasteiger partial charge in [0, 0.05) is 25.3 Å². The van der Waals surface area contributed by atoms with Gasteiger partial charge < -0.3 is 10.6 Å². The van der Waals surface area contributed by atoms with Gasteiger partial charge in [-0.15, -0.1) is 10.2 Å². The summed E-state index contributed by atoms with van der Waals surface area (Å²) in [4.78, 5) is 14.6. The molecule has 0 aliphatic carbocycles. The van der Waals surface area contributed by atoms with Crippen LogP contribution in [0.1, 0.15) is 5.82 Å². The highest BCUT2D eigenvalue weighted by molar-refractivity contribution is 7.98. The fourth-order valence-corrected chi connectivity index (χ4v) is 3.57. The summed E-state index contributed by atoms with van der Waals surface area (Å²) in [5, 5.41) is 9.62. The van der Waals surface area contributed by atoms with E-state index < -0.39 is 0 Å². The summed E-state index contributed by atoms with van der Waals surface area (Å²) in [5.41, 5.74) is 7.82. The van der Waals surface area contributed by atoms with Gasteiger partial charge in [0.25, 0.3) is 0 Å². The summed E-state index contributed by atoms with van der Waals surface area (Å²) in [6.45, 7) is 0. The monoisotopic (exact) mass is 404 g/mol. The maximum atomic E-state index is 5.84. The lowest BCUT2D eigenvalue weighted by atomic mass is 10.2. The minimum atomic E-state index is 0.203. The molecule has 2 aromatic carbocycles. The first kappa shape index (κ1) is 18.9. The highest BCUT2D eigenvalue weighted by Gasteiger charge is 2.17. The molecule has 8 nitrogen and oxygen atoms in total. The van der Waals surface area contributed by atoms with Gasteiger partial charge in [-0.3, -0.25) is 4.57 Å². The molecule has 4 rings (SSSR count). The van der Waals surface area contributed by atoms with Crippen LogP contribution in [0.2, 0.25) is 0 Å². The average Bonchev–Trinajstić information content (AvgIpc) is 3.17. The summed E-state index contributed by atoms with van der Waals surface area (Å²) in [7, 11) is 3.73. The molecular weight excluding hydrogens is 384 g/mol. The van der Waals surface area contributed by atoms with Crippen molar-refractivity contribution in [1.82, 2.24) is 29.7 Å². The lowest BCUT2D eigenvalue weighted by Gasteiger charge is -2.12. The number of benzene rings is 2. The highest BCUT2D eigenvalue weighted by Crippen LogP contribution is 2.29. The number of nitrogens with zero attached hydrogens (tertiary/aromatic N) is 7. The van der Waals surface area contributed by atoms with Crippen molar-refractivity contribution in [1.29, 1.82) is 0 Å². The first-order valence-electron chi connectivity index (χ1n) is 8.98. The van der Waals surface area contributed by atoms with Gasteiger partial charge in [-0.05, 0) is 12.1 Å². The zero-order valence-electron chi connectivity index (χ0n) is 16.1. The zero-order chi connectivity index (χ0) is 20.2. The van der Waals surface area contributed by atoms with Crippen molar-refractivity contribution in [2.24, 2.45) is 0 Å². The van der Waals surface area contributed by atoms with E-state index in [1.54, 1.807) is 4.90 Å². The second kappa shape index (κ2) is 8.27. The fraction of sp³-hybridized carbons (Fsp3) is 0.150. The van der Waals surface area contributed by atoms with Crippen LogP contribution in [0.3, 0.4) is 0 Å². The number of aromatic nitrogens is 6. The Morgan fingerprint density at radius 3 is 2.28 bits per heavy atom. The number of rotatable bonds is 6. The van der Waals surface area contributed by atoms with Crippen molar-refractivity contribution >= 4 is 23.7 Å². The zero-order valence-corrected chi connectivity index (χ0v) is 16.9. The molecule has 2 heterocycles. The van der Waals surface area contributed by atoms with Crippen LogP contribution >= 0.6 is 11.8 Å². The van der Waals surface area contributed by atoms with E-state index in [1.807, 2.05) is 79.3 Å². The van der Waals surface area contributed by atoms with E-state index in [-0.39, 0.29) is 5.95 Å². The van der Waals surface area contributed by atoms with E-state index >= 15 is 0 Å². The van der Waals surface area contributed by atoms with Gasteiger partial charge >= 0.3 is 0 Å². The lowest BCUT2D eigenvalue weighted by Crippen LogP contribution is -2.16. The predicted octanol–water partition coefficient (Wildman–Crippen LogP) is 3.06. The minimum Gasteiger partial charge on any atom is -0.368 e. The van der Waals surface area contributed by atoms with Crippen molar-refractivity contribution in [3.05, 3.63) is 66.5 Å². The van der Waals surface area contributed by atoms with Crippen molar-refractivity contribution in [2.75, 3.05) is 24.7 Å². The number of thioether (sulfide) groups is 1. The number of nitrogen functional groups attached to an aromatic ring is 1. The first-order chi connectivity index (χ1) is 14.1. The summed E-state index contributed by atoms with van der Waals surface area (Å²) >= 11 is 1.50. The molecule has 0 radical (unpaired) electrons. The highest BCUT2D eigenvalue weighted by atomic mass is 32.2. The molecule has 0 atom stereocenters. The Balaban J connectivity index is 1.69. The maximum Gasteiger partial charge on any atom is 0.229 e. The second-order valence-electron chi connectivity index (χ2n) is 6.44. The minimum absolute atomic E-state index is 0.203. The average molecular weight is 405 g/mol. The Morgan fingerprint density at radius 1 is 0.897 bits per heavy atom. The first-order valence-corrected chi connectivity index (χ1v) is 9.97. The van der Waals surface area contributed by atoms with E-state index in [0.29, 0.717) is 17.5 Å². The molecule has 0 fully saturated rings.